The second-order valence-electron chi connectivity index (χ2n) is 6.58. The topological polar surface area (TPSA) is 61.4 Å². The van der Waals surface area contributed by atoms with E-state index in [1.54, 1.807) is 18.4 Å². The maximum absolute atomic E-state index is 12.2. The van der Waals surface area contributed by atoms with Gasteiger partial charge in [0.25, 0.3) is 0 Å². The number of carbonyl (C=O) groups is 2. The fourth-order valence-electron chi connectivity index (χ4n) is 3.12. The van der Waals surface area contributed by atoms with Crippen LogP contribution < -0.4 is 10.6 Å². The molecule has 1 aromatic rings. The molecule has 0 spiro atoms. The molecule has 1 aromatic heterocycles. The Morgan fingerprint density at radius 2 is 2.13 bits per heavy atom. The van der Waals surface area contributed by atoms with E-state index in [0.717, 1.165) is 19.5 Å². The smallest absolute Gasteiger partial charge is 0.233 e. The molecule has 2 heterocycles. The summed E-state index contributed by atoms with van der Waals surface area (Å²) in [6.45, 7) is 6.37. The Morgan fingerprint density at radius 1 is 1.35 bits per heavy atom. The van der Waals surface area contributed by atoms with Crippen LogP contribution in [0, 0.1) is 11.8 Å². The molecular weight excluding hydrogens is 310 g/mol. The number of hydrogen-bond donors (Lipinski definition) is 2. The first-order valence-electron chi connectivity index (χ1n) is 8.23. The highest BCUT2D eigenvalue weighted by molar-refractivity contribution is 7.07. The second-order valence-corrected chi connectivity index (χ2v) is 7.36. The molecule has 5 nitrogen and oxygen atoms in total. The summed E-state index contributed by atoms with van der Waals surface area (Å²) in [6.07, 6.45) is 1.31. The highest BCUT2D eigenvalue weighted by Gasteiger charge is 2.35. The minimum absolute atomic E-state index is 0.0249. The van der Waals surface area contributed by atoms with E-state index in [-0.39, 0.29) is 17.9 Å². The SMILES string of the molecule is CNC(=O)CN1C[C@H](NC(=O)CCc2ccsc2)[C@@H](C(C)C)C1. The third-order valence-corrected chi connectivity index (χ3v) is 5.24. The van der Waals surface area contributed by atoms with Gasteiger partial charge in [-0.25, -0.2) is 0 Å². The van der Waals surface area contributed by atoms with Crippen LogP contribution >= 0.6 is 11.3 Å². The zero-order valence-electron chi connectivity index (χ0n) is 14.2. The van der Waals surface area contributed by atoms with Gasteiger partial charge >= 0.3 is 0 Å². The molecule has 2 atom stereocenters. The van der Waals surface area contributed by atoms with Crippen LogP contribution in [0.5, 0.6) is 0 Å². The summed E-state index contributed by atoms with van der Waals surface area (Å²) in [5.74, 6) is 1.00. The van der Waals surface area contributed by atoms with Gasteiger partial charge in [-0.3, -0.25) is 14.5 Å². The number of aryl methyl sites for hydroxylation is 1. The molecule has 2 rings (SSSR count). The molecule has 1 saturated heterocycles. The van der Waals surface area contributed by atoms with Crippen LogP contribution in [0.3, 0.4) is 0 Å². The summed E-state index contributed by atoms with van der Waals surface area (Å²) in [4.78, 5) is 25.9. The fraction of sp³-hybridized carbons (Fsp3) is 0.647. The Hall–Kier alpha value is -1.40. The molecule has 2 N–H and O–H groups in total. The largest absolute Gasteiger partial charge is 0.358 e. The van der Waals surface area contributed by atoms with E-state index in [4.69, 9.17) is 0 Å². The molecular formula is C17H27N3O2S. The zero-order chi connectivity index (χ0) is 16.8. The van der Waals surface area contributed by atoms with Crippen molar-refractivity contribution in [2.24, 2.45) is 11.8 Å². The van der Waals surface area contributed by atoms with Gasteiger partial charge in [-0.15, -0.1) is 0 Å². The first-order valence-corrected chi connectivity index (χ1v) is 9.17. The lowest BCUT2D eigenvalue weighted by Gasteiger charge is -2.23. The fourth-order valence-corrected chi connectivity index (χ4v) is 3.83. The normalized spacial score (nSPS) is 21.6. The Morgan fingerprint density at radius 3 is 2.74 bits per heavy atom. The highest BCUT2D eigenvalue weighted by atomic mass is 32.1. The van der Waals surface area contributed by atoms with Crippen LogP contribution in [0.25, 0.3) is 0 Å². The van der Waals surface area contributed by atoms with Crippen LogP contribution in [-0.2, 0) is 16.0 Å². The predicted molar refractivity (Wildman–Crippen MR) is 93.4 cm³/mol. The molecule has 6 heteroatoms. The van der Waals surface area contributed by atoms with E-state index in [0.29, 0.717) is 24.8 Å². The Bertz CT molecular complexity index is 516. The van der Waals surface area contributed by atoms with Gasteiger partial charge in [-0.1, -0.05) is 13.8 Å². The Labute approximate surface area is 142 Å². The Kier molecular flexibility index (Phi) is 6.59. The van der Waals surface area contributed by atoms with E-state index < -0.39 is 0 Å². The van der Waals surface area contributed by atoms with E-state index in [1.165, 1.54) is 5.56 Å². The lowest BCUT2D eigenvalue weighted by molar-refractivity contribution is -0.122. The third-order valence-electron chi connectivity index (χ3n) is 4.51. The molecule has 2 amide bonds. The number of carbonyl (C=O) groups excluding carboxylic acids is 2. The second kappa shape index (κ2) is 8.45. The van der Waals surface area contributed by atoms with E-state index in [2.05, 4.69) is 40.8 Å². The van der Waals surface area contributed by atoms with E-state index in [1.807, 2.05) is 5.38 Å². The molecule has 0 radical (unpaired) electrons. The molecule has 128 valence electrons. The quantitative estimate of drug-likeness (QED) is 0.793. The predicted octanol–water partition coefficient (Wildman–Crippen LogP) is 1.50. The maximum atomic E-state index is 12.2. The molecule has 0 bridgehead atoms. The number of hydrogen-bond acceptors (Lipinski definition) is 4. The summed E-state index contributed by atoms with van der Waals surface area (Å²) in [5, 5.41) is 9.97. The van der Waals surface area contributed by atoms with Gasteiger partial charge in [0.1, 0.15) is 0 Å². The van der Waals surface area contributed by atoms with Gasteiger partial charge in [0.15, 0.2) is 0 Å². The molecule has 23 heavy (non-hydrogen) atoms. The summed E-state index contributed by atoms with van der Waals surface area (Å²) in [6, 6.07) is 2.20. The van der Waals surface area contributed by atoms with E-state index in [9.17, 15) is 9.59 Å². The van der Waals surface area contributed by atoms with Crippen molar-refractivity contribution in [1.82, 2.24) is 15.5 Å². The lowest BCUT2D eigenvalue weighted by Crippen LogP contribution is -2.42. The van der Waals surface area contributed by atoms with Crippen molar-refractivity contribution in [2.45, 2.75) is 32.7 Å². The van der Waals surface area contributed by atoms with Crippen molar-refractivity contribution in [3.63, 3.8) is 0 Å². The van der Waals surface area contributed by atoms with Crippen molar-refractivity contribution in [3.8, 4) is 0 Å². The number of likely N-dealkylation sites (tertiary alicyclic amines) is 1. The van der Waals surface area contributed by atoms with Crippen LogP contribution in [-0.4, -0.2) is 49.4 Å². The van der Waals surface area contributed by atoms with Crippen LogP contribution in [0.4, 0.5) is 0 Å². The molecule has 0 aliphatic carbocycles. The minimum atomic E-state index is 0.0249. The summed E-state index contributed by atoms with van der Waals surface area (Å²) in [7, 11) is 1.65. The van der Waals surface area contributed by atoms with Crippen molar-refractivity contribution >= 4 is 23.2 Å². The van der Waals surface area contributed by atoms with Gasteiger partial charge in [0.2, 0.25) is 11.8 Å². The first-order chi connectivity index (χ1) is 11.0. The highest BCUT2D eigenvalue weighted by Crippen LogP contribution is 2.24. The molecule has 0 aromatic carbocycles. The van der Waals surface area contributed by atoms with Crippen molar-refractivity contribution in [3.05, 3.63) is 22.4 Å². The molecule has 0 unspecified atom stereocenters. The number of thiophene rings is 1. The molecule has 0 saturated carbocycles. The van der Waals surface area contributed by atoms with Gasteiger partial charge in [0.05, 0.1) is 6.54 Å². The Balaban J connectivity index is 1.85. The van der Waals surface area contributed by atoms with Gasteiger partial charge in [-0.2, -0.15) is 11.3 Å². The maximum Gasteiger partial charge on any atom is 0.233 e. The average Bonchev–Trinajstić information content (AvgIpc) is 3.14. The number of amides is 2. The first kappa shape index (κ1) is 17.9. The lowest BCUT2D eigenvalue weighted by atomic mass is 9.91. The molecule has 1 aliphatic rings. The number of rotatable bonds is 7. The van der Waals surface area contributed by atoms with Crippen molar-refractivity contribution in [1.29, 1.82) is 0 Å². The monoisotopic (exact) mass is 337 g/mol. The number of likely N-dealkylation sites (N-methyl/N-ethyl adjacent to an activating group) is 1. The molecule has 1 aliphatic heterocycles. The van der Waals surface area contributed by atoms with Gasteiger partial charge in [0, 0.05) is 32.6 Å². The van der Waals surface area contributed by atoms with Crippen LogP contribution in [0.2, 0.25) is 0 Å². The van der Waals surface area contributed by atoms with Gasteiger partial charge < -0.3 is 10.6 Å². The third kappa shape index (κ3) is 5.32. The number of nitrogens with one attached hydrogen (secondary N) is 2. The molecule has 1 fully saturated rings. The minimum Gasteiger partial charge on any atom is -0.358 e. The summed E-state index contributed by atoms with van der Waals surface area (Å²) >= 11 is 1.66. The summed E-state index contributed by atoms with van der Waals surface area (Å²) in [5.41, 5.74) is 1.22. The van der Waals surface area contributed by atoms with Crippen molar-refractivity contribution in [2.75, 3.05) is 26.7 Å². The summed E-state index contributed by atoms with van der Waals surface area (Å²) < 4.78 is 0. The standard InChI is InChI=1S/C17H27N3O2S/c1-12(2)14-8-20(10-17(22)18-3)9-15(14)19-16(21)5-4-13-6-7-23-11-13/h6-7,11-12,14-15H,4-5,8-10H2,1-3H3,(H,18,22)(H,19,21)/t14-,15+/m1/s1. The van der Waals surface area contributed by atoms with Crippen molar-refractivity contribution < 1.29 is 9.59 Å². The van der Waals surface area contributed by atoms with Crippen LogP contribution in [0.1, 0.15) is 25.8 Å². The number of nitrogens with zero attached hydrogens (tertiary/aromatic N) is 1. The van der Waals surface area contributed by atoms with E-state index >= 15 is 0 Å². The average molecular weight is 337 g/mol. The van der Waals surface area contributed by atoms with Crippen LogP contribution in [0.15, 0.2) is 16.8 Å². The van der Waals surface area contributed by atoms with Gasteiger partial charge in [-0.05, 0) is 40.6 Å². The zero-order valence-corrected chi connectivity index (χ0v) is 15.0.